The molecule has 0 heterocycles. The van der Waals surface area contributed by atoms with E-state index in [2.05, 4.69) is 21.3 Å². The highest BCUT2D eigenvalue weighted by Gasteiger charge is 2.40. The summed E-state index contributed by atoms with van der Waals surface area (Å²) >= 11 is 0. The van der Waals surface area contributed by atoms with Gasteiger partial charge in [-0.05, 0) is 83.2 Å². The van der Waals surface area contributed by atoms with Crippen LogP contribution in [0.25, 0.3) is 10.8 Å². The lowest BCUT2D eigenvalue weighted by atomic mass is 9.77. The van der Waals surface area contributed by atoms with Gasteiger partial charge in [-0.25, -0.2) is 0 Å². The van der Waals surface area contributed by atoms with Crippen molar-refractivity contribution in [2.75, 3.05) is 0 Å². The summed E-state index contributed by atoms with van der Waals surface area (Å²) in [6.07, 6.45) is -0.234. The second-order valence-electron chi connectivity index (χ2n) is 21.1. The maximum absolute atomic E-state index is 14.1. The molecule has 0 radical (unpaired) electrons. The van der Waals surface area contributed by atoms with Crippen LogP contribution in [0.5, 0.6) is 0 Å². The van der Waals surface area contributed by atoms with E-state index in [1.165, 1.54) is 48.5 Å². The Hall–Kier alpha value is -6.63. The van der Waals surface area contributed by atoms with Crippen molar-refractivity contribution < 1.29 is 43.2 Å². The molecule has 69 heavy (non-hydrogen) atoms. The maximum Gasteiger partial charge on any atom is 0.245 e. The van der Waals surface area contributed by atoms with Crippen molar-refractivity contribution in [3.05, 3.63) is 119 Å². The maximum atomic E-state index is 14.1. The molecule has 0 aliphatic heterocycles. The Kier molecular flexibility index (Phi) is 18.0. The van der Waals surface area contributed by atoms with Crippen LogP contribution >= 0.6 is 0 Å². The molecular formula is C56H70N4O9. The Morgan fingerprint density at radius 1 is 0.507 bits per heavy atom. The smallest absolute Gasteiger partial charge is 0.245 e. The summed E-state index contributed by atoms with van der Waals surface area (Å²) in [6.45, 7) is 18.9. The van der Waals surface area contributed by atoms with Crippen LogP contribution in [0.1, 0.15) is 129 Å². The largest absolute Gasteiger partial charge is 0.345 e. The number of benzene rings is 4. The van der Waals surface area contributed by atoms with Gasteiger partial charge in [0.05, 0.1) is 17.0 Å². The molecule has 4 N–H and O–H groups in total. The van der Waals surface area contributed by atoms with E-state index in [1.807, 2.05) is 69.3 Å². The molecule has 0 aliphatic carbocycles. The van der Waals surface area contributed by atoms with Gasteiger partial charge < -0.3 is 21.3 Å². The second-order valence-corrected chi connectivity index (χ2v) is 21.1. The first-order valence-electron chi connectivity index (χ1n) is 23.5. The molecule has 13 nitrogen and oxygen atoms in total. The number of rotatable bonds is 23. The van der Waals surface area contributed by atoms with E-state index in [1.54, 1.807) is 62.4 Å². The molecule has 0 aromatic heterocycles. The number of hydrogen-bond donors (Lipinski definition) is 4. The van der Waals surface area contributed by atoms with Crippen LogP contribution in [0, 0.1) is 22.7 Å². The Balaban J connectivity index is 1.47. The highest BCUT2D eigenvalue weighted by molar-refractivity contribution is 6.09. The van der Waals surface area contributed by atoms with E-state index in [9.17, 15) is 43.2 Å². The predicted octanol–water partition coefficient (Wildman–Crippen LogP) is 7.43. The van der Waals surface area contributed by atoms with Gasteiger partial charge in [0.15, 0.2) is 17.3 Å². The molecule has 0 saturated heterocycles. The van der Waals surface area contributed by atoms with Gasteiger partial charge in [-0.3, -0.25) is 43.2 Å². The van der Waals surface area contributed by atoms with E-state index in [0.717, 1.165) is 16.3 Å². The molecule has 4 rings (SSSR count). The number of carbonyl (C=O) groups is 9. The molecule has 0 fully saturated rings. The second kappa shape index (κ2) is 22.7. The molecule has 0 spiro atoms. The van der Waals surface area contributed by atoms with Crippen molar-refractivity contribution in [3.8, 4) is 0 Å². The fourth-order valence-electron chi connectivity index (χ4n) is 7.60. The quantitative estimate of drug-likeness (QED) is 0.0546. The van der Waals surface area contributed by atoms with Crippen molar-refractivity contribution >= 4 is 63.3 Å². The van der Waals surface area contributed by atoms with Crippen molar-refractivity contribution in [1.82, 2.24) is 21.3 Å². The van der Waals surface area contributed by atoms with Crippen molar-refractivity contribution in [3.63, 3.8) is 0 Å². The standard InChI is InChI=1S/C56H70N4O9/c1-34(36(3)61)57-52(69)56(11,12)60-50(67)44(28-37-22-26-41(27-23-37)48(65)40-19-14-13-15-20-40)32-47(64)55(9,10)59-49(66)35(2)58-51(68)54(7,8)33-45(62)43(31-46(63)53(4,5)6)30-38-24-25-39-18-16-17-21-42(39)29-38/h13-27,29,34-35,43-44H,28,30-33H2,1-12H3,(H,57,69)(H,58,68)(H,59,66)(H,60,67). The number of nitrogens with one attached hydrogen (secondary N) is 4. The molecule has 13 heteroatoms. The fourth-order valence-corrected chi connectivity index (χ4v) is 7.60. The van der Waals surface area contributed by atoms with Gasteiger partial charge >= 0.3 is 0 Å². The Labute approximate surface area is 406 Å². The van der Waals surface area contributed by atoms with Crippen molar-refractivity contribution in [2.45, 2.75) is 138 Å². The molecule has 368 valence electrons. The zero-order valence-electron chi connectivity index (χ0n) is 42.3. The first-order valence-corrected chi connectivity index (χ1v) is 23.5. The number of ketones is 5. The molecule has 0 bridgehead atoms. The van der Waals surface area contributed by atoms with Crippen LogP contribution in [-0.4, -0.2) is 75.7 Å². The first kappa shape index (κ1) is 55.0. The summed E-state index contributed by atoms with van der Waals surface area (Å²) in [7, 11) is 0. The van der Waals surface area contributed by atoms with Crippen molar-refractivity contribution in [2.24, 2.45) is 22.7 Å². The molecular weight excluding hydrogens is 873 g/mol. The molecule has 0 saturated carbocycles. The van der Waals surface area contributed by atoms with Crippen LogP contribution in [-0.2, 0) is 51.2 Å². The lowest BCUT2D eigenvalue weighted by molar-refractivity contribution is -0.139. The van der Waals surface area contributed by atoms with Crippen LogP contribution in [0.4, 0.5) is 0 Å². The molecule has 0 aliphatic rings. The highest BCUT2D eigenvalue weighted by Crippen LogP contribution is 2.30. The Bertz CT molecular complexity index is 2570. The fraction of sp³-hybridized carbons (Fsp3) is 0.446. The average Bonchev–Trinajstić information content (AvgIpc) is 3.27. The number of Topliss-reactive ketones (excluding diaryl/α,β-unsaturated/α-hetero) is 4. The van der Waals surface area contributed by atoms with Crippen LogP contribution in [0.15, 0.2) is 97.1 Å². The Morgan fingerprint density at radius 3 is 1.61 bits per heavy atom. The monoisotopic (exact) mass is 943 g/mol. The zero-order chi connectivity index (χ0) is 51.6. The summed E-state index contributed by atoms with van der Waals surface area (Å²) in [5.41, 5.74) is -2.56. The molecule has 4 atom stereocenters. The number of carbonyl (C=O) groups excluding carboxylic acids is 9. The average molecular weight is 943 g/mol. The number of fused-ring (bicyclic) bond motifs is 1. The lowest BCUT2D eigenvalue weighted by Crippen LogP contribution is -2.59. The molecule has 4 aromatic carbocycles. The number of amides is 4. The zero-order valence-corrected chi connectivity index (χ0v) is 42.3. The van der Waals surface area contributed by atoms with Gasteiger partial charge in [0.2, 0.25) is 23.6 Å². The van der Waals surface area contributed by atoms with Crippen LogP contribution < -0.4 is 21.3 Å². The summed E-state index contributed by atoms with van der Waals surface area (Å²) in [5.74, 6) is -5.57. The predicted molar refractivity (Wildman–Crippen MR) is 267 cm³/mol. The van der Waals surface area contributed by atoms with Crippen LogP contribution in [0.2, 0.25) is 0 Å². The van der Waals surface area contributed by atoms with Gasteiger partial charge in [-0.15, -0.1) is 0 Å². The van der Waals surface area contributed by atoms with Gasteiger partial charge in [0.25, 0.3) is 0 Å². The lowest BCUT2D eigenvalue weighted by Gasteiger charge is -2.31. The van der Waals surface area contributed by atoms with E-state index in [0.29, 0.717) is 23.1 Å². The molecule has 4 aromatic rings. The minimum Gasteiger partial charge on any atom is -0.345 e. The third kappa shape index (κ3) is 15.4. The topological polar surface area (TPSA) is 202 Å². The van der Waals surface area contributed by atoms with Crippen LogP contribution in [0.3, 0.4) is 0 Å². The summed E-state index contributed by atoms with van der Waals surface area (Å²) in [4.78, 5) is 121. The summed E-state index contributed by atoms with van der Waals surface area (Å²) in [5, 5.41) is 12.8. The van der Waals surface area contributed by atoms with E-state index in [4.69, 9.17) is 0 Å². The summed E-state index contributed by atoms with van der Waals surface area (Å²) < 4.78 is 0. The van der Waals surface area contributed by atoms with E-state index in [-0.39, 0.29) is 48.8 Å². The third-order valence-electron chi connectivity index (χ3n) is 12.6. The van der Waals surface area contributed by atoms with Gasteiger partial charge in [-0.2, -0.15) is 0 Å². The summed E-state index contributed by atoms with van der Waals surface area (Å²) in [6, 6.07) is 27.3. The van der Waals surface area contributed by atoms with Gasteiger partial charge in [-0.1, -0.05) is 132 Å². The van der Waals surface area contributed by atoms with Gasteiger partial charge in [0.1, 0.15) is 23.1 Å². The first-order chi connectivity index (χ1) is 32.0. The minimum atomic E-state index is -1.55. The number of hydrogen-bond acceptors (Lipinski definition) is 9. The minimum absolute atomic E-state index is 0.00678. The van der Waals surface area contributed by atoms with Gasteiger partial charge in [0, 0.05) is 47.6 Å². The molecule has 4 amide bonds. The van der Waals surface area contributed by atoms with E-state index < -0.39 is 75.2 Å². The third-order valence-corrected chi connectivity index (χ3v) is 12.6. The molecule has 4 unspecified atom stereocenters. The SMILES string of the molecule is CC(=O)C(C)NC(=O)C(C)(C)NC(=O)C(CC(=O)C(C)(C)NC(=O)C(C)NC(=O)C(C)(C)CC(=O)C(CC(=O)C(C)(C)C)Cc1ccc2ccccc2c1)Cc1ccc(C(=O)c2ccccc2)cc1. The normalized spacial score (nSPS) is 13.8. The van der Waals surface area contributed by atoms with E-state index >= 15 is 0 Å². The Morgan fingerprint density at radius 2 is 1.01 bits per heavy atom. The highest BCUT2D eigenvalue weighted by atomic mass is 16.2. The van der Waals surface area contributed by atoms with Crippen molar-refractivity contribution in [1.29, 1.82) is 0 Å².